The summed E-state index contributed by atoms with van der Waals surface area (Å²) in [4.78, 5) is 5.04. The van der Waals surface area contributed by atoms with Gasteiger partial charge in [0.05, 0.1) is 13.2 Å². The molecule has 0 radical (unpaired) electrons. The number of benzene rings is 1. The molecule has 0 aliphatic carbocycles. The zero-order chi connectivity index (χ0) is 11.5. The molecule has 16 heavy (non-hydrogen) atoms. The van der Waals surface area contributed by atoms with Crippen molar-refractivity contribution in [3.05, 3.63) is 52.5 Å². The number of aliphatic hydroxyl groups excluding tert-OH is 1. The number of hydrogen-bond donors (Lipinski definition) is 2. The molecule has 1 unspecified atom stereocenters. The second-order valence-corrected chi connectivity index (χ2v) is 3.63. The lowest BCUT2D eigenvalue weighted by atomic mass is 10.2. The van der Waals surface area contributed by atoms with Gasteiger partial charge >= 0.3 is 0 Å². The number of hydrogen-bond acceptors (Lipinski definition) is 4. The van der Waals surface area contributed by atoms with Gasteiger partial charge < -0.3 is 10.3 Å². The summed E-state index contributed by atoms with van der Waals surface area (Å²) in [6, 6.07) is 9.64. The van der Waals surface area contributed by atoms with Crippen LogP contribution < -0.4 is 5.23 Å². The summed E-state index contributed by atoms with van der Waals surface area (Å²) in [5.74, 6) is 0. The largest absolute Gasteiger partial charge is 0.593 e. The molecule has 0 saturated carbocycles. The molecule has 86 valence electrons. The number of hydroxylamine groups is 4. The first kappa shape index (κ1) is 11.1. The Balaban J connectivity index is 2.13. The molecule has 5 nitrogen and oxygen atoms in total. The van der Waals surface area contributed by atoms with Gasteiger partial charge in [-0.05, 0) is 5.56 Å². The van der Waals surface area contributed by atoms with Crippen molar-refractivity contribution in [1.29, 1.82) is 0 Å². The highest BCUT2D eigenvalue weighted by atomic mass is 17.0. The molecule has 1 aliphatic heterocycles. The normalized spacial score (nSPS) is 20.7. The lowest BCUT2D eigenvalue weighted by molar-refractivity contribution is -1.04. The van der Waals surface area contributed by atoms with Crippen LogP contribution in [0.15, 0.2) is 41.7 Å². The van der Waals surface area contributed by atoms with Gasteiger partial charge in [0.25, 0.3) is 0 Å². The van der Waals surface area contributed by atoms with E-state index in [-0.39, 0.29) is 11.8 Å². The summed E-state index contributed by atoms with van der Waals surface area (Å²) in [5, 5.41) is 21.5. The molecular formula is C11H14N2O3. The van der Waals surface area contributed by atoms with E-state index in [2.05, 4.69) is 0 Å². The Bertz CT molecular complexity index is 391. The van der Waals surface area contributed by atoms with Gasteiger partial charge in [0.15, 0.2) is 5.70 Å². The number of quaternary nitrogens is 1. The van der Waals surface area contributed by atoms with Gasteiger partial charge in [0.1, 0.15) is 5.70 Å². The van der Waals surface area contributed by atoms with E-state index < -0.39 is 0 Å². The van der Waals surface area contributed by atoms with Crippen LogP contribution in [0.2, 0.25) is 0 Å². The van der Waals surface area contributed by atoms with Crippen LogP contribution >= 0.6 is 0 Å². The smallest absolute Gasteiger partial charge is 0.163 e. The third-order valence-corrected chi connectivity index (χ3v) is 2.55. The number of aliphatic hydroxyl groups is 1. The Hall–Kier alpha value is -1.40. The summed E-state index contributed by atoms with van der Waals surface area (Å²) in [6.45, 7) is 1.92. The van der Waals surface area contributed by atoms with Gasteiger partial charge in [0, 0.05) is 6.92 Å². The highest BCUT2D eigenvalue weighted by Gasteiger charge is 2.28. The zero-order valence-corrected chi connectivity index (χ0v) is 9.01. The van der Waals surface area contributed by atoms with Crippen LogP contribution in [0.4, 0.5) is 0 Å². The number of nitrogens with zero attached hydrogens (tertiary/aromatic N) is 1. The fourth-order valence-corrected chi connectivity index (χ4v) is 1.60. The maximum atomic E-state index is 11.3. The summed E-state index contributed by atoms with van der Waals surface area (Å²) in [6.07, 6.45) is 0. The first-order chi connectivity index (χ1) is 7.72. The molecule has 1 aromatic rings. The molecular weight excluding hydrogens is 208 g/mol. The number of rotatable bonds is 3. The van der Waals surface area contributed by atoms with Crippen LogP contribution in [0.25, 0.3) is 0 Å². The molecule has 0 bridgehead atoms. The number of nitrogens with one attached hydrogen (secondary N) is 1. The minimum Gasteiger partial charge on any atom is -0.593 e. The summed E-state index contributed by atoms with van der Waals surface area (Å²) >= 11 is 0. The summed E-state index contributed by atoms with van der Waals surface area (Å²) in [5.41, 5.74) is 2.03. The van der Waals surface area contributed by atoms with Crippen LogP contribution in [-0.4, -0.2) is 16.8 Å². The molecule has 1 aromatic carbocycles. The molecule has 0 amide bonds. The average molecular weight is 222 g/mol. The first-order valence-corrected chi connectivity index (χ1v) is 5.06. The van der Waals surface area contributed by atoms with Crippen molar-refractivity contribution in [3.63, 3.8) is 0 Å². The van der Waals surface area contributed by atoms with Crippen molar-refractivity contribution in [1.82, 2.24) is 5.06 Å². The second-order valence-electron chi connectivity index (χ2n) is 3.63. The van der Waals surface area contributed by atoms with E-state index in [0.29, 0.717) is 17.9 Å². The topological polar surface area (TPSA) is 60.2 Å². The Morgan fingerprint density at radius 2 is 2.06 bits per heavy atom. The second kappa shape index (κ2) is 4.63. The van der Waals surface area contributed by atoms with Crippen molar-refractivity contribution in [2.45, 2.75) is 13.5 Å². The zero-order valence-electron chi connectivity index (χ0n) is 9.01. The molecule has 2 rings (SSSR count). The van der Waals surface area contributed by atoms with Gasteiger partial charge in [-0.2, -0.15) is 10.3 Å². The van der Waals surface area contributed by atoms with Crippen molar-refractivity contribution in [3.8, 4) is 0 Å². The standard InChI is InChI=1S/C11H14N2O3/c1-9-11(8-14)12(16-13(9)15)7-10-5-3-2-4-6-10/h2-6,13-14H,7-8H2,1H3. The maximum absolute atomic E-state index is 11.3. The summed E-state index contributed by atoms with van der Waals surface area (Å²) < 4.78 is 0. The third kappa shape index (κ3) is 2.07. The maximum Gasteiger partial charge on any atom is 0.163 e. The molecule has 0 spiro atoms. The third-order valence-electron chi connectivity index (χ3n) is 2.55. The van der Waals surface area contributed by atoms with Crippen LogP contribution in [-0.2, 0) is 11.5 Å². The highest BCUT2D eigenvalue weighted by Crippen LogP contribution is 2.15. The van der Waals surface area contributed by atoms with E-state index in [1.165, 1.54) is 5.06 Å². The van der Waals surface area contributed by atoms with E-state index in [1.54, 1.807) is 6.92 Å². The monoisotopic (exact) mass is 222 g/mol. The number of allylic oxidation sites excluding steroid dienone is 1. The van der Waals surface area contributed by atoms with Gasteiger partial charge in [-0.25, -0.2) is 0 Å². The van der Waals surface area contributed by atoms with Crippen molar-refractivity contribution < 1.29 is 15.3 Å². The predicted molar refractivity (Wildman–Crippen MR) is 57.2 cm³/mol. The predicted octanol–water partition coefficient (Wildman–Crippen LogP) is -0.0447. The van der Waals surface area contributed by atoms with Gasteiger partial charge in [-0.3, -0.25) is 0 Å². The van der Waals surface area contributed by atoms with Crippen LogP contribution in [0.1, 0.15) is 12.5 Å². The SMILES string of the molecule is CC1=C(CO)N(Cc2ccccc2)O[NH+]1[O-]. The fraction of sp³-hybridized carbons (Fsp3) is 0.273. The molecule has 2 N–H and O–H groups in total. The first-order valence-electron chi connectivity index (χ1n) is 5.06. The fourth-order valence-electron chi connectivity index (χ4n) is 1.60. The minimum atomic E-state index is -0.389. The Kier molecular flexibility index (Phi) is 3.21. The highest BCUT2D eigenvalue weighted by molar-refractivity contribution is 5.16. The van der Waals surface area contributed by atoms with E-state index in [1.807, 2.05) is 30.3 Å². The quantitative estimate of drug-likeness (QED) is 0.704. The molecule has 1 aliphatic rings. The molecule has 1 heterocycles. The average Bonchev–Trinajstić information content (AvgIpc) is 2.56. The van der Waals surface area contributed by atoms with Crippen LogP contribution in [0, 0.1) is 5.21 Å². The van der Waals surface area contributed by atoms with E-state index in [9.17, 15) is 10.3 Å². The molecule has 0 fully saturated rings. The van der Waals surface area contributed by atoms with Crippen molar-refractivity contribution >= 4 is 0 Å². The molecule has 1 atom stereocenters. The van der Waals surface area contributed by atoms with Gasteiger partial charge in [-0.1, -0.05) is 35.3 Å². The van der Waals surface area contributed by atoms with Gasteiger partial charge in [0.2, 0.25) is 0 Å². The van der Waals surface area contributed by atoms with E-state index in [4.69, 9.17) is 4.94 Å². The molecule has 0 aromatic heterocycles. The molecule has 0 saturated heterocycles. The van der Waals surface area contributed by atoms with Crippen molar-refractivity contribution in [2.24, 2.45) is 0 Å². The Labute approximate surface area is 93.6 Å². The lowest BCUT2D eigenvalue weighted by Crippen LogP contribution is -3.02. The minimum absolute atomic E-state index is 0.190. The Morgan fingerprint density at radius 3 is 2.69 bits per heavy atom. The van der Waals surface area contributed by atoms with Gasteiger partial charge in [-0.15, -0.1) is 0 Å². The lowest BCUT2D eigenvalue weighted by Gasteiger charge is -2.18. The van der Waals surface area contributed by atoms with Crippen LogP contribution in [0.5, 0.6) is 0 Å². The molecule has 5 heteroatoms. The van der Waals surface area contributed by atoms with Crippen LogP contribution in [0.3, 0.4) is 0 Å². The van der Waals surface area contributed by atoms with E-state index >= 15 is 0 Å². The summed E-state index contributed by atoms with van der Waals surface area (Å²) in [7, 11) is 0. The Morgan fingerprint density at radius 1 is 1.38 bits per heavy atom. The van der Waals surface area contributed by atoms with E-state index in [0.717, 1.165) is 5.56 Å². The van der Waals surface area contributed by atoms with Crippen molar-refractivity contribution in [2.75, 3.05) is 6.61 Å².